The molecule has 0 aliphatic carbocycles. The maximum atomic E-state index is 11.9. The summed E-state index contributed by atoms with van der Waals surface area (Å²) in [5, 5.41) is 15.2. The van der Waals surface area contributed by atoms with Crippen LogP contribution >= 0.6 is 0 Å². The molecule has 0 aromatic carbocycles. The van der Waals surface area contributed by atoms with Gasteiger partial charge in [-0.05, 0) is 33.8 Å². The van der Waals surface area contributed by atoms with Crippen molar-refractivity contribution in [1.82, 2.24) is 24.8 Å². The standard InChI is InChI=1S/C12H18N6O/c1-8(2)18-13-6-11(16-18)14-12(19)7-17-10(4)5-9(3)15-17/h5-6,8H,7H2,1-4H3,(H,14,16,19). The summed E-state index contributed by atoms with van der Waals surface area (Å²) in [4.78, 5) is 13.4. The maximum Gasteiger partial charge on any atom is 0.247 e. The molecule has 1 amide bonds. The SMILES string of the molecule is Cc1cc(C)n(CC(=O)Nc2cnn(C(C)C)n2)n1. The van der Waals surface area contributed by atoms with Crippen LogP contribution in [0.3, 0.4) is 0 Å². The fourth-order valence-electron chi connectivity index (χ4n) is 1.74. The highest BCUT2D eigenvalue weighted by Crippen LogP contribution is 2.06. The van der Waals surface area contributed by atoms with Crippen molar-refractivity contribution >= 4 is 11.7 Å². The highest BCUT2D eigenvalue weighted by Gasteiger charge is 2.10. The first-order chi connectivity index (χ1) is 8.95. The maximum absolute atomic E-state index is 11.9. The van der Waals surface area contributed by atoms with Crippen LogP contribution in [0.1, 0.15) is 31.3 Å². The molecule has 7 nitrogen and oxygen atoms in total. The molecule has 2 rings (SSSR count). The van der Waals surface area contributed by atoms with Gasteiger partial charge < -0.3 is 5.32 Å². The van der Waals surface area contributed by atoms with E-state index in [4.69, 9.17) is 0 Å². The lowest BCUT2D eigenvalue weighted by Crippen LogP contribution is -2.20. The highest BCUT2D eigenvalue weighted by molar-refractivity contribution is 5.89. The topological polar surface area (TPSA) is 77.6 Å². The van der Waals surface area contributed by atoms with Crippen molar-refractivity contribution in [1.29, 1.82) is 0 Å². The third-order valence-electron chi connectivity index (χ3n) is 2.63. The number of nitrogens with one attached hydrogen (secondary N) is 1. The number of anilines is 1. The summed E-state index contributed by atoms with van der Waals surface area (Å²) in [6.07, 6.45) is 1.54. The van der Waals surface area contributed by atoms with Gasteiger partial charge in [0, 0.05) is 5.69 Å². The molecule has 0 bridgehead atoms. The number of amides is 1. The van der Waals surface area contributed by atoms with E-state index in [2.05, 4.69) is 20.6 Å². The van der Waals surface area contributed by atoms with Gasteiger partial charge in [-0.2, -0.15) is 15.0 Å². The molecule has 2 aromatic rings. The molecule has 19 heavy (non-hydrogen) atoms. The highest BCUT2D eigenvalue weighted by atomic mass is 16.2. The molecule has 102 valence electrons. The summed E-state index contributed by atoms with van der Waals surface area (Å²) in [5.41, 5.74) is 1.86. The Bertz CT molecular complexity index is 583. The van der Waals surface area contributed by atoms with Crippen molar-refractivity contribution in [3.05, 3.63) is 23.7 Å². The molecule has 0 spiro atoms. The number of nitrogens with zero attached hydrogens (tertiary/aromatic N) is 5. The minimum atomic E-state index is -0.165. The number of rotatable bonds is 4. The first-order valence-electron chi connectivity index (χ1n) is 6.18. The zero-order valence-corrected chi connectivity index (χ0v) is 11.6. The van der Waals surface area contributed by atoms with Crippen molar-refractivity contribution < 1.29 is 4.79 Å². The van der Waals surface area contributed by atoms with Crippen LogP contribution in [0, 0.1) is 13.8 Å². The molecule has 2 aromatic heterocycles. The first-order valence-corrected chi connectivity index (χ1v) is 6.18. The quantitative estimate of drug-likeness (QED) is 0.901. The molecule has 1 N–H and O–H groups in total. The van der Waals surface area contributed by atoms with Gasteiger partial charge in [-0.1, -0.05) is 0 Å². The molecule has 0 atom stereocenters. The summed E-state index contributed by atoms with van der Waals surface area (Å²) in [6, 6.07) is 2.10. The Kier molecular flexibility index (Phi) is 3.64. The van der Waals surface area contributed by atoms with E-state index in [1.807, 2.05) is 33.8 Å². The molecule has 0 aliphatic rings. The van der Waals surface area contributed by atoms with Gasteiger partial charge >= 0.3 is 0 Å². The van der Waals surface area contributed by atoms with E-state index < -0.39 is 0 Å². The zero-order chi connectivity index (χ0) is 14.0. The normalized spacial score (nSPS) is 11.0. The second kappa shape index (κ2) is 5.21. The van der Waals surface area contributed by atoms with Gasteiger partial charge in [0.05, 0.1) is 17.9 Å². The lowest BCUT2D eigenvalue weighted by Gasteiger charge is -2.04. The summed E-state index contributed by atoms with van der Waals surface area (Å²) < 4.78 is 1.66. The molecule has 0 saturated heterocycles. The third-order valence-corrected chi connectivity index (χ3v) is 2.63. The molecule has 0 saturated carbocycles. The molecular formula is C12H18N6O. The number of carbonyl (C=O) groups excluding carboxylic acids is 1. The fourth-order valence-corrected chi connectivity index (χ4v) is 1.74. The van der Waals surface area contributed by atoms with Crippen molar-refractivity contribution in [2.75, 3.05) is 5.32 Å². The number of aromatic nitrogens is 5. The minimum absolute atomic E-state index is 0.165. The Morgan fingerprint density at radius 3 is 2.63 bits per heavy atom. The number of hydrogen-bond acceptors (Lipinski definition) is 4. The van der Waals surface area contributed by atoms with E-state index in [1.165, 1.54) is 0 Å². The molecule has 0 aliphatic heterocycles. The Labute approximate surface area is 111 Å². The summed E-state index contributed by atoms with van der Waals surface area (Å²) in [7, 11) is 0. The third kappa shape index (κ3) is 3.18. The Morgan fingerprint density at radius 2 is 2.11 bits per heavy atom. The van der Waals surface area contributed by atoms with Gasteiger partial charge in [-0.15, -0.1) is 5.10 Å². The first kappa shape index (κ1) is 13.3. The van der Waals surface area contributed by atoms with E-state index >= 15 is 0 Å². The van der Waals surface area contributed by atoms with Crippen LogP contribution < -0.4 is 5.32 Å². The van der Waals surface area contributed by atoms with E-state index in [9.17, 15) is 4.79 Å². The Hall–Kier alpha value is -2.18. The van der Waals surface area contributed by atoms with Crippen LogP contribution in [-0.4, -0.2) is 30.7 Å². The summed E-state index contributed by atoms with van der Waals surface area (Å²) in [6.45, 7) is 7.94. The number of carbonyl (C=O) groups is 1. The monoisotopic (exact) mass is 262 g/mol. The van der Waals surface area contributed by atoms with Crippen LogP contribution in [0.2, 0.25) is 0 Å². The van der Waals surface area contributed by atoms with Gasteiger partial charge in [0.15, 0.2) is 5.82 Å². The molecule has 0 unspecified atom stereocenters. The van der Waals surface area contributed by atoms with Crippen molar-refractivity contribution in [2.45, 2.75) is 40.3 Å². The van der Waals surface area contributed by atoms with Crippen LogP contribution in [-0.2, 0) is 11.3 Å². The minimum Gasteiger partial charge on any atom is -0.306 e. The second-order valence-corrected chi connectivity index (χ2v) is 4.78. The summed E-state index contributed by atoms with van der Waals surface area (Å²) in [5.74, 6) is 0.294. The molecular weight excluding hydrogens is 244 g/mol. The van der Waals surface area contributed by atoms with Gasteiger partial charge in [0.2, 0.25) is 5.91 Å². The van der Waals surface area contributed by atoms with E-state index in [-0.39, 0.29) is 18.5 Å². The Morgan fingerprint density at radius 1 is 1.37 bits per heavy atom. The van der Waals surface area contributed by atoms with Crippen LogP contribution in [0.25, 0.3) is 0 Å². The van der Waals surface area contributed by atoms with E-state index in [1.54, 1.807) is 15.7 Å². The van der Waals surface area contributed by atoms with Crippen LogP contribution in [0.15, 0.2) is 12.3 Å². The lowest BCUT2D eigenvalue weighted by molar-refractivity contribution is -0.117. The molecule has 0 radical (unpaired) electrons. The lowest BCUT2D eigenvalue weighted by atomic mass is 10.4. The zero-order valence-electron chi connectivity index (χ0n) is 11.6. The predicted molar refractivity (Wildman–Crippen MR) is 70.7 cm³/mol. The average Bonchev–Trinajstić information content (AvgIpc) is 2.87. The van der Waals surface area contributed by atoms with Gasteiger partial charge in [-0.25, -0.2) is 0 Å². The van der Waals surface area contributed by atoms with E-state index in [0.29, 0.717) is 5.82 Å². The van der Waals surface area contributed by atoms with Gasteiger partial charge in [0.25, 0.3) is 0 Å². The van der Waals surface area contributed by atoms with Crippen molar-refractivity contribution in [3.63, 3.8) is 0 Å². The largest absolute Gasteiger partial charge is 0.306 e. The fraction of sp³-hybridized carbons (Fsp3) is 0.500. The number of hydrogen-bond donors (Lipinski definition) is 1. The van der Waals surface area contributed by atoms with Gasteiger partial charge in [0.1, 0.15) is 6.54 Å². The molecule has 7 heteroatoms. The van der Waals surface area contributed by atoms with Crippen LogP contribution in [0.4, 0.5) is 5.82 Å². The van der Waals surface area contributed by atoms with E-state index in [0.717, 1.165) is 11.4 Å². The van der Waals surface area contributed by atoms with Crippen LogP contribution in [0.5, 0.6) is 0 Å². The van der Waals surface area contributed by atoms with Crippen molar-refractivity contribution in [3.8, 4) is 0 Å². The second-order valence-electron chi connectivity index (χ2n) is 4.78. The predicted octanol–water partition coefficient (Wildman–Crippen LogP) is 1.31. The summed E-state index contributed by atoms with van der Waals surface area (Å²) >= 11 is 0. The molecule has 2 heterocycles. The molecule has 0 fully saturated rings. The number of aryl methyl sites for hydroxylation is 2. The average molecular weight is 262 g/mol. The Balaban J connectivity index is 1.99. The smallest absolute Gasteiger partial charge is 0.247 e. The van der Waals surface area contributed by atoms with Crippen molar-refractivity contribution in [2.24, 2.45) is 0 Å². The van der Waals surface area contributed by atoms with Gasteiger partial charge in [-0.3, -0.25) is 9.48 Å².